The van der Waals surface area contributed by atoms with Crippen molar-refractivity contribution in [3.63, 3.8) is 0 Å². The van der Waals surface area contributed by atoms with E-state index in [0.29, 0.717) is 0 Å². The van der Waals surface area contributed by atoms with Crippen LogP contribution in [-0.4, -0.2) is 30.0 Å². The normalized spacial score (nSPS) is 15.8. The van der Waals surface area contributed by atoms with Crippen molar-refractivity contribution in [2.24, 2.45) is 10.7 Å². The van der Waals surface area contributed by atoms with E-state index >= 15 is 0 Å². The summed E-state index contributed by atoms with van der Waals surface area (Å²) in [5.74, 6) is 1.25. The highest BCUT2D eigenvalue weighted by Gasteiger charge is 2.18. The number of allylic oxidation sites excluding steroid dienone is 2. The summed E-state index contributed by atoms with van der Waals surface area (Å²) in [5.41, 5.74) is 5.99. The highest BCUT2D eigenvalue weighted by molar-refractivity contribution is 5.83. The molecule has 0 aromatic rings. The topological polar surface area (TPSA) is 41.6 Å². The molecule has 1 aliphatic rings. The molecule has 0 bridgehead atoms. The van der Waals surface area contributed by atoms with Crippen LogP contribution in [0.4, 0.5) is 0 Å². The maximum Gasteiger partial charge on any atom is 0.100 e. The van der Waals surface area contributed by atoms with Gasteiger partial charge in [-0.3, -0.25) is 4.99 Å². The molecule has 3 nitrogen and oxygen atoms in total. The number of hydrogen-bond acceptors (Lipinski definition) is 3. The van der Waals surface area contributed by atoms with Gasteiger partial charge in [0.1, 0.15) is 5.84 Å². The summed E-state index contributed by atoms with van der Waals surface area (Å²) >= 11 is 0. The summed E-state index contributed by atoms with van der Waals surface area (Å²) in [6.45, 7) is 6.29. The van der Waals surface area contributed by atoms with Crippen LogP contribution >= 0.6 is 0 Å². The van der Waals surface area contributed by atoms with Crippen molar-refractivity contribution < 1.29 is 0 Å². The van der Waals surface area contributed by atoms with Gasteiger partial charge in [-0.1, -0.05) is 76.9 Å². The Morgan fingerprint density at radius 3 is 2.00 bits per heavy atom. The van der Waals surface area contributed by atoms with Gasteiger partial charge < -0.3 is 10.6 Å². The Morgan fingerprint density at radius 1 is 0.885 bits per heavy atom. The molecule has 1 heterocycles. The van der Waals surface area contributed by atoms with E-state index in [0.717, 1.165) is 19.5 Å². The lowest BCUT2D eigenvalue weighted by molar-refractivity contribution is 0.358. The Morgan fingerprint density at radius 2 is 1.42 bits per heavy atom. The molecule has 0 saturated carbocycles. The Hall–Kier alpha value is -0.830. The molecule has 2 N–H and O–H groups in total. The Balaban J connectivity index is 1.81. The van der Waals surface area contributed by atoms with Gasteiger partial charge in [0.25, 0.3) is 0 Å². The van der Waals surface area contributed by atoms with Gasteiger partial charge in [0.05, 0.1) is 12.7 Å². The number of nitrogens with zero attached hydrogens (tertiary/aromatic N) is 2. The first-order valence-electron chi connectivity index (χ1n) is 11.5. The molecular weight excluding hydrogens is 318 g/mol. The molecule has 26 heavy (non-hydrogen) atoms. The van der Waals surface area contributed by atoms with E-state index in [1.54, 1.807) is 0 Å². The first kappa shape index (κ1) is 23.2. The third-order valence-electron chi connectivity index (χ3n) is 5.37. The minimum Gasteiger partial charge on any atom is -0.343 e. The quantitative estimate of drug-likeness (QED) is 0.239. The van der Waals surface area contributed by atoms with E-state index in [-0.39, 0.29) is 6.17 Å². The largest absolute Gasteiger partial charge is 0.343 e. The third-order valence-corrected chi connectivity index (χ3v) is 5.37. The minimum atomic E-state index is 0.117. The zero-order valence-electron chi connectivity index (χ0n) is 17.7. The molecule has 1 atom stereocenters. The zero-order valence-corrected chi connectivity index (χ0v) is 17.7. The van der Waals surface area contributed by atoms with Crippen molar-refractivity contribution >= 4 is 5.84 Å². The molecule has 0 radical (unpaired) electrons. The monoisotopic (exact) mass is 363 g/mol. The van der Waals surface area contributed by atoms with E-state index in [4.69, 9.17) is 5.73 Å². The predicted molar refractivity (Wildman–Crippen MR) is 117 cm³/mol. The van der Waals surface area contributed by atoms with Crippen LogP contribution in [0, 0.1) is 0 Å². The molecule has 0 saturated heterocycles. The van der Waals surface area contributed by atoms with Crippen molar-refractivity contribution in [2.75, 3.05) is 13.1 Å². The molecule has 3 heteroatoms. The van der Waals surface area contributed by atoms with Crippen molar-refractivity contribution in [1.82, 2.24) is 4.90 Å². The summed E-state index contributed by atoms with van der Waals surface area (Å²) in [6, 6.07) is 0. The number of amidine groups is 1. The molecule has 1 unspecified atom stereocenters. The number of rotatable bonds is 17. The van der Waals surface area contributed by atoms with Crippen molar-refractivity contribution in [2.45, 2.75) is 116 Å². The highest BCUT2D eigenvalue weighted by Crippen LogP contribution is 2.14. The van der Waals surface area contributed by atoms with Crippen molar-refractivity contribution in [3.05, 3.63) is 12.2 Å². The second kappa shape index (κ2) is 16.4. The maximum atomic E-state index is 5.99. The molecule has 0 aliphatic carbocycles. The minimum absolute atomic E-state index is 0.117. The maximum absolute atomic E-state index is 5.99. The van der Waals surface area contributed by atoms with Gasteiger partial charge in [0.2, 0.25) is 0 Å². The molecule has 0 fully saturated rings. The Labute approximate surface area is 163 Å². The van der Waals surface area contributed by atoms with Crippen LogP contribution < -0.4 is 5.73 Å². The average Bonchev–Trinajstić information content (AvgIpc) is 3.10. The van der Waals surface area contributed by atoms with E-state index in [9.17, 15) is 0 Å². The van der Waals surface area contributed by atoms with Crippen LogP contribution in [0.5, 0.6) is 0 Å². The van der Waals surface area contributed by atoms with Gasteiger partial charge in [0.15, 0.2) is 0 Å². The molecule has 152 valence electrons. The van der Waals surface area contributed by atoms with Gasteiger partial charge in [-0.2, -0.15) is 0 Å². The SMILES string of the molecule is CCCCCCC/C=C/CCCCCCCCCC1=NCCN1C(C)N. The lowest BCUT2D eigenvalue weighted by Crippen LogP contribution is -2.41. The van der Waals surface area contributed by atoms with Crippen LogP contribution in [0.25, 0.3) is 0 Å². The van der Waals surface area contributed by atoms with Crippen LogP contribution in [0.15, 0.2) is 17.1 Å². The number of nitrogens with two attached hydrogens (primary N) is 1. The van der Waals surface area contributed by atoms with Crippen LogP contribution in [0.2, 0.25) is 0 Å². The standard InChI is InChI=1S/C23H45N3/c1-3-4-5-6-7-8-9-10-11-12-13-14-15-16-17-18-19-23-25-20-21-26(23)22(2)24/h9-10,22H,3-8,11-21,24H2,1-2H3/b10-9+. The van der Waals surface area contributed by atoms with Crippen molar-refractivity contribution in [3.8, 4) is 0 Å². The van der Waals surface area contributed by atoms with Crippen LogP contribution in [-0.2, 0) is 0 Å². The van der Waals surface area contributed by atoms with Gasteiger partial charge in [-0.05, 0) is 39.0 Å². The third kappa shape index (κ3) is 11.7. The molecule has 1 aliphatic heterocycles. The molecule has 0 aromatic carbocycles. The van der Waals surface area contributed by atoms with Gasteiger partial charge in [-0.15, -0.1) is 0 Å². The Bertz CT molecular complexity index is 374. The summed E-state index contributed by atoms with van der Waals surface area (Å²) in [4.78, 5) is 6.86. The Kier molecular flexibility index (Phi) is 14.6. The highest BCUT2D eigenvalue weighted by atomic mass is 15.3. The number of hydrogen-bond donors (Lipinski definition) is 1. The summed E-state index contributed by atoms with van der Waals surface area (Å²) in [6.07, 6.45) is 25.1. The van der Waals surface area contributed by atoms with Crippen LogP contribution in [0.1, 0.15) is 110 Å². The van der Waals surface area contributed by atoms with E-state index < -0.39 is 0 Å². The lowest BCUT2D eigenvalue weighted by Gasteiger charge is -2.24. The van der Waals surface area contributed by atoms with E-state index in [1.165, 1.54) is 95.7 Å². The molecule has 1 rings (SSSR count). The summed E-state index contributed by atoms with van der Waals surface area (Å²) in [5, 5.41) is 0. The smallest absolute Gasteiger partial charge is 0.100 e. The number of unbranched alkanes of at least 4 members (excludes halogenated alkanes) is 12. The fourth-order valence-electron chi connectivity index (χ4n) is 3.70. The molecule has 0 amide bonds. The first-order valence-corrected chi connectivity index (χ1v) is 11.5. The second-order valence-electron chi connectivity index (χ2n) is 7.92. The second-order valence-corrected chi connectivity index (χ2v) is 7.92. The van der Waals surface area contributed by atoms with E-state index in [2.05, 4.69) is 35.9 Å². The fourth-order valence-corrected chi connectivity index (χ4v) is 3.70. The van der Waals surface area contributed by atoms with Crippen LogP contribution in [0.3, 0.4) is 0 Å². The van der Waals surface area contributed by atoms with Crippen molar-refractivity contribution in [1.29, 1.82) is 0 Å². The van der Waals surface area contributed by atoms with Gasteiger partial charge in [0, 0.05) is 13.0 Å². The number of aliphatic imine (C=N–C) groups is 1. The molecule has 0 spiro atoms. The van der Waals surface area contributed by atoms with Gasteiger partial charge >= 0.3 is 0 Å². The first-order chi connectivity index (χ1) is 12.8. The lowest BCUT2D eigenvalue weighted by atomic mass is 10.1. The summed E-state index contributed by atoms with van der Waals surface area (Å²) in [7, 11) is 0. The molecule has 0 aromatic heterocycles. The summed E-state index contributed by atoms with van der Waals surface area (Å²) < 4.78 is 0. The molecular formula is C23H45N3. The zero-order chi connectivity index (χ0) is 18.9. The fraction of sp³-hybridized carbons (Fsp3) is 0.870. The van der Waals surface area contributed by atoms with E-state index in [1.807, 2.05) is 0 Å². The average molecular weight is 364 g/mol. The predicted octanol–water partition coefficient (Wildman–Crippen LogP) is 6.43. The van der Waals surface area contributed by atoms with Gasteiger partial charge in [-0.25, -0.2) is 0 Å².